The minimum atomic E-state index is -0.574. The summed E-state index contributed by atoms with van der Waals surface area (Å²) in [6, 6.07) is 0. The number of hydrogen-bond donors (Lipinski definition) is 1. The molecule has 1 amide bonds. The summed E-state index contributed by atoms with van der Waals surface area (Å²) in [6.07, 6.45) is 3.48. The Kier molecular flexibility index (Phi) is 3.12. The SMILES string of the molecule is Cc1nn(C)c(C)c1CCC(=O)N1CC(O)(C2CC2)C1. The van der Waals surface area contributed by atoms with E-state index >= 15 is 0 Å². The van der Waals surface area contributed by atoms with Gasteiger partial charge in [0.25, 0.3) is 0 Å². The molecular formula is C15H23N3O2. The van der Waals surface area contributed by atoms with Gasteiger partial charge in [0.15, 0.2) is 0 Å². The molecule has 0 unspecified atom stereocenters. The first kappa shape index (κ1) is 13.6. The van der Waals surface area contributed by atoms with E-state index in [0.717, 1.165) is 30.7 Å². The Balaban J connectivity index is 1.53. The van der Waals surface area contributed by atoms with Gasteiger partial charge in [0, 0.05) is 19.2 Å². The van der Waals surface area contributed by atoms with Gasteiger partial charge in [-0.3, -0.25) is 9.48 Å². The van der Waals surface area contributed by atoms with Crippen molar-refractivity contribution in [1.82, 2.24) is 14.7 Å². The van der Waals surface area contributed by atoms with Gasteiger partial charge < -0.3 is 10.0 Å². The molecule has 3 rings (SSSR count). The molecule has 1 saturated heterocycles. The normalized spacial score (nSPS) is 20.9. The average Bonchev–Trinajstić information content (AvgIpc) is 3.15. The lowest BCUT2D eigenvalue weighted by molar-refractivity contribution is -0.159. The van der Waals surface area contributed by atoms with Crippen molar-refractivity contribution in [3.05, 3.63) is 17.0 Å². The molecule has 1 aliphatic heterocycles. The highest BCUT2D eigenvalue weighted by molar-refractivity contribution is 5.77. The molecule has 110 valence electrons. The maximum atomic E-state index is 12.1. The number of rotatable bonds is 4. The van der Waals surface area contributed by atoms with Gasteiger partial charge in [-0.15, -0.1) is 0 Å². The second kappa shape index (κ2) is 4.58. The van der Waals surface area contributed by atoms with Crippen LogP contribution >= 0.6 is 0 Å². The predicted molar refractivity (Wildman–Crippen MR) is 75.3 cm³/mol. The number of aromatic nitrogens is 2. The fraction of sp³-hybridized carbons (Fsp3) is 0.733. The van der Waals surface area contributed by atoms with Crippen LogP contribution in [0.2, 0.25) is 0 Å². The van der Waals surface area contributed by atoms with E-state index in [4.69, 9.17) is 0 Å². The first-order valence-corrected chi connectivity index (χ1v) is 7.40. The Morgan fingerprint density at radius 3 is 2.55 bits per heavy atom. The van der Waals surface area contributed by atoms with Crippen LogP contribution in [0.3, 0.4) is 0 Å². The largest absolute Gasteiger partial charge is 0.386 e. The number of carbonyl (C=O) groups excluding carboxylic acids is 1. The lowest BCUT2D eigenvalue weighted by atomic mass is 9.88. The third-order valence-electron chi connectivity index (χ3n) is 4.87. The number of aliphatic hydroxyl groups is 1. The molecule has 0 atom stereocenters. The Bertz CT molecular complexity index is 540. The van der Waals surface area contributed by atoms with Crippen molar-refractivity contribution in [1.29, 1.82) is 0 Å². The van der Waals surface area contributed by atoms with E-state index in [1.807, 2.05) is 25.6 Å². The van der Waals surface area contributed by atoms with Gasteiger partial charge in [-0.2, -0.15) is 5.10 Å². The van der Waals surface area contributed by atoms with Crippen LogP contribution < -0.4 is 0 Å². The van der Waals surface area contributed by atoms with Crippen LogP contribution in [-0.2, 0) is 18.3 Å². The number of amides is 1. The van der Waals surface area contributed by atoms with Crippen LogP contribution in [0.4, 0.5) is 0 Å². The fourth-order valence-electron chi connectivity index (χ4n) is 3.24. The molecule has 2 fully saturated rings. The zero-order valence-corrected chi connectivity index (χ0v) is 12.5. The smallest absolute Gasteiger partial charge is 0.223 e. The zero-order chi connectivity index (χ0) is 14.5. The van der Waals surface area contributed by atoms with Crippen molar-refractivity contribution < 1.29 is 9.90 Å². The van der Waals surface area contributed by atoms with Gasteiger partial charge in [0.05, 0.1) is 18.8 Å². The topological polar surface area (TPSA) is 58.4 Å². The van der Waals surface area contributed by atoms with Gasteiger partial charge in [-0.05, 0) is 44.6 Å². The van der Waals surface area contributed by atoms with Gasteiger partial charge >= 0.3 is 0 Å². The molecule has 5 heteroatoms. The van der Waals surface area contributed by atoms with Crippen LogP contribution in [0.15, 0.2) is 0 Å². The van der Waals surface area contributed by atoms with Gasteiger partial charge in [0.2, 0.25) is 5.91 Å². The molecule has 1 aromatic rings. The maximum absolute atomic E-state index is 12.1. The summed E-state index contributed by atoms with van der Waals surface area (Å²) in [5, 5.41) is 14.6. The van der Waals surface area contributed by atoms with Gasteiger partial charge in [-0.25, -0.2) is 0 Å². The van der Waals surface area contributed by atoms with Crippen molar-refractivity contribution in [2.24, 2.45) is 13.0 Å². The summed E-state index contributed by atoms with van der Waals surface area (Å²) in [7, 11) is 1.93. The Labute approximate surface area is 119 Å². The summed E-state index contributed by atoms with van der Waals surface area (Å²) in [6.45, 7) is 5.08. The average molecular weight is 277 g/mol. The lowest BCUT2D eigenvalue weighted by Crippen LogP contribution is -2.64. The highest BCUT2D eigenvalue weighted by atomic mass is 16.3. The quantitative estimate of drug-likeness (QED) is 0.891. The molecule has 0 aromatic carbocycles. The number of likely N-dealkylation sites (tertiary alicyclic amines) is 1. The van der Waals surface area contributed by atoms with Crippen molar-refractivity contribution in [3.8, 4) is 0 Å². The van der Waals surface area contributed by atoms with E-state index in [2.05, 4.69) is 5.10 Å². The second-order valence-electron chi connectivity index (χ2n) is 6.40. The van der Waals surface area contributed by atoms with Crippen LogP contribution in [-0.4, -0.2) is 44.4 Å². The number of β-amino-alcohol motifs (C(OH)–C–C–N with tert-alkyl or cyclic N) is 1. The zero-order valence-electron chi connectivity index (χ0n) is 12.5. The summed E-state index contributed by atoms with van der Waals surface area (Å²) in [5.41, 5.74) is 2.75. The third-order valence-corrected chi connectivity index (χ3v) is 4.87. The fourth-order valence-corrected chi connectivity index (χ4v) is 3.24. The van der Waals surface area contributed by atoms with Crippen LogP contribution in [0, 0.1) is 19.8 Å². The molecule has 1 N–H and O–H groups in total. The van der Waals surface area contributed by atoms with Crippen molar-refractivity contribution in [3.63, 3.8) is 0 Å². The highest BCUT2D eigenvalue weighted by Gasteiger charge is 2.52. The number of carbonyl (C=O) groups is 1. The molecule has 2 aliphatic rings. The Morgan fingerprint density at radius 2 is 2.05 bits per heavy atom. The van der Waals surface area contributed by atoms with E-state index in [1.165, 1.54) is 5.56 Å². The Hall–Kier alpha value is -1.36. The molecule has 5 nitrogen and oxygen atoms in total. The van der Waals surface area contributed by atoms with Crippen molar-refractivity contribution in [2.75, 3.05) is 13.1 Å². The predicted octanol–water partition coefficient (Wildman–Crippen LogP) is 0.953. The Morgan fingerprint density at radius 1 is 1.40 bits per heavy atom. The molecule has 0 spiro atoms. The van der Waals surface area contributed by atoms with Crippen LogP contribution in [0.5, 0.6) is 0 Å². The monoisotopic (exact) mass is 277 g/mol. The lowest BCUT2D eigenvalue weighted by Gasteiger charge is -2.47. The molecule has 1 saturated carbocycles. The second-order valence-corrected chi connectivity index (χ2v) is 6.40. The van der Waals surface area contributed by atoms with E-state index < -0.39 is 5.60 Å². The number of hydrogen-bond acceptors (Lipinski definition) is 3. The first-order chi connectivity index (χ1) is 9.40. The molecule has 1 aromatic heterocycles. The summed E-state index contributed by atoms with van der Waals surface area (Å²) in [5.74, 6) is 0.590. The molecule has 20 heavy (non-hydrogen) atoms. The summed E-state index contributed by atoms with van der Waals surface area (Å²) in [4.78, 5) is 13.9. The van der Waals surface area contributed by atoms with E-state index in [9.17, 15) is 9.90 Å². The molecular weight excluding hydrogens is 254 g/mol. The van der Waals surface area contributed by atoms with Crippen LogP contribution in [0.1, 0.15) is 36.2 Å². The highest BCUT2D eigenvalue weighted by Crippen LogP contribution is 2.44. The van der Waals surface area contributed by atoms with E-state index in [-0.39, 0.29) is 5.91 Å². The van der Waals surface area contributed by atoms with E-state index in [1.54, 1.807) is 4.90 Å². The summed E-state index contributed by atoms with van der Waals surface area (Å²) < 4.78 is 1.87. The minimum absolute atomic E-state index is 0.151. The van der Waals surface area contributed by atoms with Crippen molar-refractivity contribution >= 4 is 5.91 Å². The van der Waals surface area contributed by atoms with Crippen LogP contribution in [0.25, 0.3) is 0 Å². The minimum Gasteiger partial charge on any atom is -0.386 e. The first-order valence-electron chi connectivity index (χ1n) is 7.40. The maximum Gasteiger partial charge on any atom is 0.223 e. The van der Waals surface area contributed by atoms with E-state index in [0.29, 0.717) is 25.4 Å². The third kappa shape index (κ3) is 2.24. The molecule has 0 bridgehead atoms. The number of aryl methyl sites for hydroxylation is 2. The number of nitrogens with zero attached hydrogens (tertiary/aromatic N) is 3. The molecule has 2 heterocycles. The van der Waals surface area contributed by atoms with Crippen molar-refractivity contribution in [2.45, 2.75) is 45.1 Å². The van der Waals surface area contributed by atoms with Gasteiger partial charge in [-0.1, -0.05) is 0 Å². The standard InChI is InChI=1S/C15H23N3O2/c1-10-13(11(2)17(3)16-10)6-7-14(19)18-8-15(20,9-18)12-4-5-12/h12,20H,4-9H2,1-3H3. The molecule has 1 aliphatic carbocycles. The summed E-state index contributed by atoms with van der Waals surface area (Å²) >= 11 is 0. The molecule has 0 radical (unpaired) electrons. The van der Waals surface area contributed by atoms with Gasteiger partial charge in [0.1, 0.15) is 5.60 Å².